The van der Waals surface area contributed by atoms with Gasteiger partial charge in [0.2, 0.25) is 0 Å². The maximum Gasteiger partial charge on any atom is 0.153 e. The van der Waals surface area contributed by atoms with Crippen LogP contribution < -0.4 is 10.6 Å². The molecule has 5 nitrogen and oxygen atoms in total. The first-order valence-electron chi connectivity index (χ1n) is 7.21. The summed E-state index contributed by atoms with van der Waals surface area (Å²) in [5.74, 6) is 0.836. The molecular formula is C16H18BrN5. The van der Waals surface area contributed by atoms with Crippen molar-refractivity contribution in [3.05, 3.63) is 59.0 Å². The van der Waals surface area contributed by atoms with Crippen molar-refractivity contribution in [2.75, 3.05) is 18.9 Å². The molecule has 3 rings (SSSR count). The Morgan fingerprint density at radius 3 is 2.86 bits per heavy atom. The quantitative estimate of drug-likeness (QED) is 0.710. The largest absolute Gasteiger partial charge is 0.364 e. The van der Waals surface area contributed by atoms with Gasteiger partial charge in [0.1, 0.15) is 5.52 Å². The number of nitrogens with zero attached hydrogens (tertiary/aromatic N) is 3. The molecule has 1 aromatic carbocycles. The lowest BCUT2D eigenvalue weighted by Crippen LogP contribution is -2.33. The van der Waals surface area contributed by atoms with Crippen LogP contribution in [0.25, 0.3) is 5.52 Å². The van der Waals surface area contributed by atoms with E-state index in [4.69, 9.17) is 0 Å². The highest BCUT2D eigenvalue weighted by molar-refractivity contribution is 9.10. The molecule has 0 aliphatic heterocycles. The SMILES string of the molecule is CNCC(Cc1ccccc1)Nc1nccn2ncc(Br)c12. The number of halogens is 1. The van der Waals surface area contributed by atoms with Crippen molar-refractivity contribution < 1.29 is 0 Å². The summed E-state index contributed by atoms with van der Waals surface area (Å²) in [7, 11) is 1.96. The third-order valence-corrected chi connectivity index (χ3v) is 4.08. The molecule has 1 unspecified atom stereocenters. The molecule has 0 amide bonds. The fourth-order valence-electron chi connectivity index (χ4n) is 2.53. The summed E-state index contributed by atoms with van der Waals surface area (Å²) in [6.07, 6.45) is 6.31. The van der Waals surface area contributed by atoms with E-state index in [1.165, 1.54) is 5.56 Å². The molecule has 0 aliphatic carbocycles. The van der Waals surface area contributed by atoms with Gasteiger partial charge in [-0.15, -0.1) is 0 Å². The molecule has 0 saturated heterocycles. The van der Waals surface area contributed by atoms with Crippen molar-refractivity contribution in [1.29, 1.82) is 0 Å². The standard InChI is InChI=1S/C16H18BrN5/c1-18-10-13(9-12-5-3-2-4-6-12)21-16-15-14(17)11-20-22(15)8-7-19-16/h2-8,11,13,18H,9-10H2,1H3,(H,19,21). The monoisotopic (exact) mass is 359 g/mol. The second-order valence-corrected chi connectivity index (χ2v) is 6.00. The van der Waals surface area contributed by atoms with Gasteiger partial charge in [0.05, 0.1) is 10.7 Å². The number of fused-ring (bicyclic) bond motifs is 1. The van der Waals surface area contributed by atoms with Crippen LogP contribution in [0, 0.1) is 0 Å². The molecule has 6 heteroatoms. The van der Waals surface area contributed by atoms with E-state index in [2.05, 4.69) is 60.9 Å². The van der Waals surface area contributed by atoms with Crippen LogP contribution in [0.2, 0.25) is 0 Å². The molecule has 0 saturated carbocycles. The van der Waals surface area contributed by atoms with Crippen LogP contribution in [0.4, 0.5) is 5.82 Å². The molecule has 22 heavy (non-hydrogen) atoms. The van der Waals surface area contributed by atoms with Crippen molar-refractivity contribution in [2.24, 2.45) is 0 Å². The lowest BCUT2D eigenvalue weighted by atomic mass is 10.1. The smallest absolute Gasteiger partial charge is 0.153 e. The highest BCUT2D eigenvalue weighted by Gasteiger charge is 2.14. The highest BCUT2D eigenvalue weighted by Crippen LogP contribution is 2.24. The number of rotatable bonds is 6. The van der Waals surface area contributed by atoms with E-state index < -0.39 is 0 Å². The molecule has 0 aliphatic rings. The van der Waals surface area contributed by atoms with E-state index in [1.807, 2.05) is 23.8 Å². The Kier molecular flexibility index (Phi) is 4.70. The van der Waals surface area contributed by atoms with E-state index in [0.29, 0.717) is 0 Å². The van der Waals surface area contributed by atoms with E-state index in [1.54, 1.807) is 12.4 Å². The molecule has 2 heterocycles. The Morgan fingerprint density at radius 1 is 1.27 bits per heavy atom. The van der Waals surface area contributed by atoms with Gasteiger partial charge in [0.25, 0.3) is 0 Å². The topological polar surface area (TPSA) is 54.2 Å². The van der Waals surface area contributed by atoms with Gasteiger partial charge in [-0.1, -0.05) is 30.3 Å². The van der Waals surface area contributed by atoms with Crippen LogP contribution in [-0.2, 0) is 6.42 Å². The van der Waals surface area contributed by atoms with Crippen LogP contribution in [0.3, 0.4) is 0 Å². The minimum atomic E-state index is 0.243. The Labute approximate surface area is 137 Å². The van der Waals surface area contributed by atoms with Gasteiger partial charge in [-0.3, -0.25) is 0 Å². The Balaban J connectivity index is 1.85. The zero-order valence-electron chi connectivity index (χ0n) is 12.3. The van der Waals surface area contributed by atoms with Crippen LogP contribution in [-0.4, -0.2) is 34.2 Å². The predicted octanol–water partition coefficient (Wildman–Crippen LogP) is 2.73. The normalized spacial score (nSPS) is 12.5. The lowest BCUT2D eigenvalue weighted by Gasteiger charge is -2.19. The van der Waals surface area contributed by atoms with Gasteiger partial charge >= 0.3 is 0 Å². The first-order chi connectivity index (χ1) is 10.8. The summed E-state index contributed by atoms with van der Waals surface area (Å²) in [4.78, 5) is 4.47. The second kappa shape index (κ2) is 6.89. The summed E-state index contributed by atoms with van der Waals surface area (Å²) in [5, 5.41) is 11.1. The zero-order valence-corrected chi connectivity index (χ0v) is 13.9. The molecular weight excluding hydrogens is 342 g/mol. The third kappa shape index (κ3) is 3.28. The summed E-state index contributed by atoms with van der Waals surface area (Å²) in [6, 6.07) is 10.7. The molecule has 0 spiro atoms. The minimum absolute atomic E-state index is 0.243. The van der Waals surface area contributed by atoms with Crippen molar-refractivity contribution in [1.82, 2.24) is 19.9 Å². The molecule has 0 fully saturated rings. The minimum Gasteiger partial charge on any atom is -0.364 e. The first kappa shape index (κ1) is 15.0. The van der Waals surface area contributed by atoms with Crippen molar-refractivity contribution in [3.8, 4) is 0 Å². The second-order valence-electron chi connectivity index (χ2n) is 5.15. The number of likely N-dealkylation sites (N-methyl/N-ethyl adjacent to an activating group) is 1. The van der Waals surface area contributed by atoms with Crippen LogP contribution >= 0.6 is 15.9 Å². The number of hydrogen-bond acceptors (Lipinski definition) is 4. The van der Waals surface area contributed by atoms with Gasteiger partial charge in [-0.25, -0.2) is 9.50 Å². The summed E-state index contributed by atoms with van der Waals surface area (Å²) < 4.78 is 2.75. The first-order valence-corrected chi connectivity index (χ1v) is 8.00. The van der Waals surface area contributed by atoms with Crippen molar-refractivity contribution in [2.45, 2.75) is 12.5 Å². The van der Waals surface area contributed by atoms with Gasteiger partial charge in [-0.05, 0) is 35.0 Å². The van der Waals surface area contributed by atoms with Crippen LogP contribution in [0.1, 0.15) is 5.56 Å². The number of benzene rings is 1. The lowest BCUT2D eigenvalue weighted by molar-refractivity contribution is 0.648. The average Bonchev–Trinajstić information content (AvgIpc) is 2.91. The number of anilines is 1. The zero-order chi connectivity index (χ0) is 15.4. The Bertz CT molecular complexity index is 741. The van der Waals surface area contributed by atoms with Gasteiger partial charge in [0, 0.05) is 25.0 Å². The molecule has 2 aromatic heterocycles. The highest BCUT2D eigenvalue weighted by atomic mass is 79.9. The summed E-state index contributed by atoms with van der Waals surface area (Å²) in [5.41, 5.74) is 2.26. The van der Waals surface area contributed by atoms with Crippen LogP contribution in [0.15, 0.2) is 53.4 Å². The number of aromatic nitrogens is 3. The van der Waals surface area contributed by atoms with Crippen molar-refractivity contribution >= 4 is 27.3 Å². The molecule has 114 valence electrons. The molecule has 1 atom stereocenters. The maximum absolute atomic E-state index is 4.47. The fraction of sp³-hybridized carbons (Fsp3) is 0.250. The number of nitrogens with one attached hydrogen (secondary N) is 2. The van der Waals surface area contributed by atoms with Gasteiger partial charge < -0.3 is 10.6 Å². The van der Waals surface area contributed by atoms with Gasteiger partial charge in [0.15, 0.2) is 5.82 Å². The third-order valence-electron chi connectivity index (χ3n) is 3.50. The molecule has 2 N–H and O–H groups in total. The summed E-state index contributed by atoms with van der Waals surface area (Å²) in [6.45, 7) is 0.851. The molecule has 3 aromatic rings. The Morgan fingerprint density at radius 2 is 2.09 bits per heavy atom. The maximum atomic E-state index is 4.47. The Hall–Kier alpha value is -1.92. The van der Waals surface area contributed by atoms with Crippen molar-refractivity contribution in [3.63, 3.8) is 0 Å². The van der Waals surface area contributed by atoms with Gasteiger partial charge in [-0.2, -0.15) is 5.10 Å². The van der Waals surface area contributed by atoms with E-state index >= 15 is 0 Å². The predicted molar refractivity (Wildman–Crippen MR) is 92.2 cm³/mol. The molecule has 0 bridgehead atoms. The number of hydrogen-bond donors (Lipinski definition) is 2. The van der Waals surface area contributed by atoms with E-state index in [9.17, 15) is 0 Å². The van der Waals surface area contributed by atoms with E-state index in [-0.39, 0.29) is 6.04 Å². The fourth-order valence-corrected chi connectivity index (χ4v) is 2.99. The average molecular weight is 360 g/mol. The van der Waals surface area contributed by atoms with Crippen LogP contribution in [0.5, 0.6) is 0 Å². The molecule has 0 radical (unpaired) electrons. The van der Waals surface area contributed by atoms with E-state index in [0.717, 1.165) is 28.8 Å². The summed E-state index contributed by atoms with van der Waals surface area (Å²) >= 11 is 3.53.